The van der Waals surface area contributed by atoms with Crippen molar-refractivity contribution in [1.82, 2.24) is 19.7 Å². The maximum atomic E-state index is 14.7. The summed E-state index contributed by atoms with van der Waals surface area (Å²) in [5, 5.41) is 0.605. The number of rotatable bonds is 7. The van der Waals surface area contributed by atoms with Gasteiger partial charge in [0.15, 0.2) is 17.5 Å². The number of hydrogen-bond donors (Lipinski definition) is 2. The number of anilines is 3. The number of nitrogens with zero attached hydrogens (tertiary/aromatic N) is 5. The number of ether oxygens (including phenoxy) is 3. The van der Waals surface area contributed by atoms with Gasteiger partial charge in [-0.1, -0.05) is 5.92 Å². The Morgan fingerprint density at radius 1 is 1.02 bits per heavy atom. The summed E-state index contributed by atoms with van der Waals surface area (Å²) in [5.41, 5.74) is -0.531. The van der Waals surface area contributed by atoms with Crippen molar-refractivity contribution in [2.45, 2.75) is 36.9 Å². The van der Waals surface area contributed by atoms with Gasteiger partial charge in [0.1, 0.15) is 5.75 Å². The van der Waals surface area contributed by atoms with Crippen LogP contribution in [0.25, 0.3) is 0 Å². The first-order valence-electron chi connectivity index (χ1n) is 15.2. The number of fused-ring (bicyclic) bond motifs is 1. The topological polar surface area (TPSA) is 199 Å². The highest BCUT2D eigenvalue weighted by atomic mass is 32.2. The number of carbonyl (C=O) groups excluding carboxylic acids is 4. The molecule has 0 unspecified atom stereocenters. The van der Waals surface area contributed by atoms with Crippen LogP contribution in [0.4, 0.5) is 39.7 Å². The van der Waals surface area contributed by atoms with Crippen molar-refractivity contribution in [1.29, 1.82) is 0 Å². The Morgan fingerprint density at radius 3 is 2.21 bits per heavy atom. The first-order chi connectivity index (χ1) is 25.1. The van der Waals surface area contributed by atoms with E-state index in [1.807, 2.05) is 5.32 Å². The first kappa shape index (κ1) is 37.9. The Kier molecular flexibility index (Phi) is 10.8. The van der Waals surface area contributed by atoms with E-state index in [0.29, 0.717) is 30.1 Å². The molecular weight excluding hydrogens is 734 g/mol. The smallest absolute Gasteiger partial charge is 0.419 e. The lowest BCUT2D eigenvalue weighted by Crippen LogP contribution is -2.39. The van der Waals surface area contributed by atoms with Gasteiger partial charge in [-0.25, -0.2) is 23.8 Å². The summed E-state index contributed by atoms with van der Waals surface area (Å²) < 4.78 is 94.1. The standard InChI is InChI=1S/C19H15FN2O4.C13H12F3N5O5S/c1-2-7-21-15-9-14(13(20)8-16(15)26-10-17(21)23)22-18(24)11-5-3-4-6-12(11)19(22)25;1-25-8-6-9(26-2)19-11(18-8)20-12(22)21-27(23,24)10-7(13(14,15)16)4-3-5-17-10/h1,8-9H,3-7,10H2;3-6H,1-2H3,(H2,18,19,20,21,22). The average Bonchev–Trinajstić information content (AvgIpc) is 3.37. The van der Waals surface area contributed by atoms with Crippen molar-refractivity contribution in [2.75, 3.05) is 42.5 Å². The second-order valence-electron chi connectivity index (χ2n) is 11.0. The van der Waals surface area contributed by atoms with Gasteiger partial charge in [0, 0.05) is 23.4 Å². The summed E-state index contributed by atoms with van der Waals surface area (Å²) in [6.07, 6.45) is 3.87. The molecule has 2 aliphatic heterocycles. The number of pyridine rings is 1. The number of nitrogens with one attached hydrogen (secondary N) is 2. The molecular formula is C32H27F4N7O9S. The van der Waals surface area contributed by atoms with Crippen molar-refractivity contribution in [3.8, 4) is 29.9 Å². The minimum absolute atomic E-state index is 0.0101. The number of terminal acetylenes is 1. The number of hydrogen-bond acceptors (Lipinski definition) is 12. The van der Waals surface area contributed by atoms with Gasteiger partial charge in [-0.05, 0) is 43.9 Å². The normalized spacial score (nSPS) is 15.4. The number of benzene rings is 1. The molecule has 21 heteroatoms. The molecule has 1 aromatic carbocycles. The number of carbonyl (C=O) groups is 4. The summed E-state index contributed by atoms with van der Waals surface area (Å²) in [4.78, 5) is 62.1. The van der Waals surface area contributed by atoms with Crippen LogP contribution in [0.15, 0.2) is 52.7 Å². The highest BCUT2D eigenvalue weighted by molar-refractivity contribution is 7.90. The van der Waals surface area contributed by atoms with Crippen LogP contribution in [0, 0.1) is 18.2 Å². The summed E-state index contributed by atoms with van der Waals surface area (Å²) in [5.74, 6) is -0.0210. The van der Waals surface area contributed by atoms with Crippen LogP contribution in [0.2, 0.25) is 0 Å². The Hall–Kier alpha value is -6.30. The quantitative estimate of drug-likeness (QED) is 0.203. The van der Waals surface area contributed by atoms with E-state index < -0.39 is 56.4 Å². The highest BCUT2D eigenvalue weighted by Crippen LogP contribution is 2.42. The van der Waals surface area contributed by atoms with E-state index in [4.69, 9.17) is 20.6 Å². The lowest BCUT2D eigenvalue weighted by Gasteiger charge is -2.29. The van der Waals surface area contributed by atoms with Gasteiger partial charge in [0.2, 0.25) is 17.7 Å². The van der Waals surface area contributed by atoms with Crippen LogP contribution in [0.1, 0.15) is 31.2 Å². The fourth-order valence-corrected chi connectivity index (χ4v) is 6.46. The number of halogens is 4. The Labute approximate surface area is 298 Å². The van der Waals surface area contributed by atoms with Crippen LogP contribution < -0.4 is 34.0 Å². The van der Waals surface area contributed by atoms with E-state index in [2.05, 4.69) is 20.9 Å². The van der Waals surface area contributed by atoms with E-state index in [-0.39, 0.29) is 47.9 Å². The van der Waals surface area contributed by atoms with Crippen molar-refractivity contribution in [3.05, 3.63) is 59.1 Å². The van der Waals surface area contributed by atoms with Crippen molar-refractivity contribution in [2.24, 2.45) is 0 Å². The molecule has 2 N–H and O–H groups in total. The predicted octanol–water partition coefficient (Wildman–Crippen LogP) is 3.35. The third-order valence-corrected chi connectivity index (χ3v) is 9.02. The number of alkyl halides is 3. The van der Waals surface area contributed by atoms with Gasteiger partial charge >= 0.3 is 12.2 Å². The molecule has 0 radical (unpaired) electrons. The molecule has 6 rings (SSSR count). The average molecular weight is 762 g/mol. The van der Waals surface area contributed by atoms with Crippen LogP contribution in [0.5, 0.6) is 17.5 Å². The van der Waals surface area contributed by atoms with Gasteiger partial charge in [0.05, 0.1) is 43.8 Å². The SMILES string of the molecule is C#CCN1C(=O)COc2cc(F)c(N3C(=O)C4=C(CCCC4)C3=O)cc21.COc1cc(OC)nc(NC(=O)NS(=O)(=O)c2ncccc2C(F)(F)F)n1. The summed E-state index contributed by atoms with van der Waals surface area (Å²) in [6, 6.07) is 3.67. The lowest BCUT2D eigenvalue weighted by molar-refractivity contribution is -0.140. The van der Waals surface area contributed by atoms with Crippen LogP contribution in [0.3, 0.4) is 0 Å². The van der Waals surface area contributed by atoms with Crippen LogP contribution in [-0.4, -0.2) is 74.5 Å². The van der Waals surface area contributed by atoms with Crippen LogP contribution in [-0.2, 0) is 30.6 Å². The maximum absolute atomic E-state index is 14.7. The molecule has 278 valence electrons. The Bertz CT molecular complexity index is 2140. The van der Waals surface area contributed by atoms with E-state index in [1.165, 1.54) is 36.0 Å². The molecule has 3 aromatic rings. The summed E-state index contributed by atoms with van der Waals surface area (Å²) >= 11 is 0. The molecule has 5 amide bonds. The molecule has 16 nitrogen and oxygen atoms in total. The lowest BCUT2D eigenvalue weighted by atomic mass is 9.93. The molecule has 2 aromatic heterocycles. The molecule has 0 atom stereocenters. The second kappa shape index (κ2) is 15.1. The van der Waals surface area contributed by atoms with Gasteiger partial charge < -0.3 is 14.2 Å². The number of urea groups is 1. The minimum atomic E-state index is -4.99. The Morgan fingerprint density at radius 2 is 1.64 bits per heavy atom. The number of sulfonamides is 1. The van der Waals surface area contributed by atoms with E-state index in [9.17, 15) is 45.2 Å². The zero-order valence-corrected chi connectivity index (χ0v) is 28.4. The molecule has 0 spiro atoms. The van der Waals surface area contributed by atoms with Gasteiger partial charge in [-0.15, -0.1) is 6.42 Å². The molecule has 0 saturated carbocycles. The van der Waals surface area contributed by atoms with Gasteiger partial charge in [-0.3, -0.25) is 24.6 Å². The third kappa shape index (κ3) is 7.96. The number of amides is 5. The van der Waals surface area contributed by atoms with Gasteiger partial charge in [0.25, 0.3) is 27.7 Å². The number of imide groups is 1. The number of methoxy groups -OCH3 is 2. The molecule has 0 bridgehead atoms. The van der Waals surface area contributed by atoms with E-state index in [1.54, 1.807) is 0 Å². The monoisotopic (exact) mass is 761 g/mol. The second-order valence-corrected chi connectivity index (χ2v) is 12.6. The molecule has 1 aliphatic carbocycles. The largest absolute Gasteiger partial charge is 0.481 e. The van der Waals surface area contributed by atoms with Crippen molar-refractivity contribution >= 4 is 51.1 Å². The molecule has 53 heavy (non-hydrogen) atoms. The molecule has 0 saturated heterocycles. The fraction of sp³-hybridized carbons (Fsp3) is 0.281. The van der Waals surface area contributed by atoms with Crippen molar-refractivity contribution < 1.29 is 59.4 Å². The van der Waals surface area contributed by atoms with E-state index in [0.717, 1.165) is 36.1 Å². The minimum Gasteiger partial charge on any atom is -0.481 e. The number of aromatic nitrogens is 3. The fourth-order valence-electron chi connectivity index (χ4n) is 5.39. The van der Waals surface area contributed by atoms with Crippen molar-refractivity contribution in [3.63, 3.8) is 0 Å². The molecule has 4 heterocycles. The van der Waals surface area contributed by atoms with Crippen LogP contribution >= 0.6 is 0 Å². The Balaban J connectivity index is 0.000000204. The van der Waals surface area contributed by atoms with E-state index >= 15 is 0 Å². The maximum Gasteiger partial charge on any atom is 0.419 e. The zero-order chi connectivity index (χ0) is 38.7. The first-order valence-corrected chi connectivity index (χ1v) is 16.7. The van der Waals surface area contributed by atoms with Gasteiger partial charge in [-0.2, -0.15) is 31.6 Å². The predicted molar refractivity (Wildman–Crippen MR) is 175 cm³/mol. The third-order valence-electron chi connectivity index (χ3n) is 7.73. The highest BCUT2D eigenvalue weighted by Gasteiger charge is 2.42. The zero-order valence-electron chi connectivity index (χ0n) is 27.6. The summed E-state index contributed by atoms with van der Waals surface area (Å²) in [7, 11) is -2.39. The molecule has 3 aliphatic rings. The molecule has 0 fully saturated rings. The summed E-state index contributed by atoms with van der Waals surface area (Å²) in [6.45, 7) is -0.262.